The number of rotatable bonds is 3. The molecule has 1 atom stereocenters. The molecule has 3 aromatic rings. The molecular weight excluding hydrogens is 322 g/mol. The summed E-state index contributed by atoms with van der Waals surface area (Å²) < 4.78 is 0. The number of hydrogen-bond donors (Lipinski definition) is 1. The minimum absolute atomic E-state index is 0. The van der Waals surface area contributed by atoms with Crippen LogP contribution in [0.4, 0.5) is 0 Å². The van der Waals surface area contributed by atoms with Crippen LogP contribution in [0.1, 0.15) is 18.4 Å². The van der Waals surface area contributed by atoms with Gasteiger partial charge in [-0.15, -0.1) is 12.4 Å². The minimum Gasteiger partial charge on any atom is -0.480 e. The first kappa shape index (κ1) is 16.7. The van der Waals surface area contributed by atoms with Crippen molar-refractivity contribution in [2.45, 2.75) is 25.4 Å². The summed E-state index contributed by atoms with van der Waals surface area (Å²) in [6, 6.07) is 18.7. The Morgan fingerprint density at radius 3 is 2.46 bits per heavy atom. The average molecular weight is 342 g/mol. The Morgan fingerprint density at radius 2 is 1.71 bits per heavy atom. The quantitative estimate of drug-likeness (QED) is 0.715. The third kappa shape index (κ3) is 2.85. The van der Waals surface area contributed by atoms with E-state index in [4.69, 9.17) is 0 Å². The Bertz CT molecular complexity index is 893. The molecule has 1 unspecified atom stereocenters. The van der Waals surface area contributed by atoms with E-state index in [1.54, 1.807) is 0 Å². The van der Waals surface area contributed by atoms with Crippen LogP contribution in [-0.2, 0) is 11.3 Å². The van der Waals surface area contributed by atoms with Gasteiger partial charge in [0.15, 0.2) is 0 Å². The largest absolute Gasteiger partial charge is 0.480 e. The first-order valence-electron chi connectivity index (χ1n) is 8.10. The second kappa shape index (κ2) is 6.80. The van der Waals surface area contributed by atoms with Crippen molar-refractivity contribution >= 4 is 39.9 Å². The first-order valence-corrected chi connectivity index (χ1v) is 8.10. The molecule has 1 aliphatic heterocycles. The molecule has 124 valence electrons. The fourth-order valence-corrected chi connectivity index (χ4v) is 3.78. The van der Waals surface area contributed by atoms with E-state index >= 15 is 0 Å². The van der Waals surface area contributed by atoms with Gasteiger partial charge in [-0.1, -0.05) is 48.5 Å². The molecule has 0 bridgehead atoms. The number of halogens is 1. The van der Waals surface area contributed by atoms with E-state index < -0.39 is 5.97 Å². The fourth-order valence-electron chi connectivity index (χ4n) is 3.78. The molecule has 0 saturated carbocycles. The van der Waals surface area contributed by atoms with Crippen LogP contribution in [0.3, 0.4) is 0 Å². The van der Waals surface area contributed by atoms with E-state index in [1.165, 1.54) is 27.1 Å². The average Bonchev–Trinajstić information content (AvgIpc) is 3.03. The van der Waals surface area contributed by atoms with Crippen molar-refractivity contribution in [1.29, 1.82) is 0 Å². The first-order chi connectivity index (χ1) is 11.2. The number of nitrogens with zero attached hydrogens (tertiary/aromatic N) is 1. The molecule has 4 heteroatoms. The van der Waals surface area contributed by atoms with Gasteiger partial charge in [-0.25, -0.2) is 0 Å². The molecule has 1 heterocycles. The fraction of sp³-hybridized carbons (Fsp3) is 0.250. The molecule has 0 spiro atoms. The van der Waals surface area contributed by atoms with Gasteiger partial charge in [-0.2, -0.15) is 0 Å². The van der Waals surface area contributed by atoms with Gasteiger partial charge >= 0.3 is 5.97 Å². The van der Waals surface area contributed by atoms with Gasteiger partial charge in [0.2, 0.25) is 0 Å². The smallest absolute Gasteiger partial charge is 0.320 e. The highest BCUT2D eigenvalue weighted by Crippen LogP contribution is 2.31. The lowest BCUT2D eigenvalue weighted by Crippen LogP contribution is -2.35. The van der Waals surface area contributed by atoms with Crippen LogP contribution in [-0.4, -0.2) is 28.6 Å². The number of aliphatic carboxylic acids is 1. The summed E-state index contributed by atoms with van der Waals surface area (Å²) in [4.78, 5) is 13.5. The Hall–Kier alpha value is -2.10. The van der Waals surface area contributed by atoms with Crippen LogP contribution in [0.25, 0.3) is 21.5 Å². The van der Waals surface area contributed by atoms with Gasteiger partial charge in [0.25, 0.3) is 0 Å². The van der Waals surface area contributed by atoms with Crippen LogP contribution in [0.5, 0.6) is 0 Å². The summed E-state index contributed by atoms with van der Waals surface area (Å²) in [5.41, 5.74) is 1.22. The zero-order chi connectivity index (χ0) is 15.8. The normalized spacial score (nSPS) is 17.9. The minimum atomic E-state index is -0.701. The van der Waals surface area contributed by atoms with Crippen molar-refractivity contribution in [2.24, 2.45) is 0 Å². The highest BCUT2D eigenvalue weighted by molar-refractivity contribution is 6.08. The summed E-state index contributed by atoms with van der Waals surface area (Å²) in [5.74, 6) is -0.701. The van der Waals surface area contributed by atoms with E-state index in [-0.39, 0.29) is 18.4 Å². The van der Waals surface area contributed by atoms with E-state index in [1.807, 2.05) is 0 Å². The van der Waals surface area contributed by atoms with Crippen molar-refractivity contribution in [2.75, 3.05) is 6.54 Å². The van der Waals surface area contributed by atoms with Gasteiger partial charge < -0.3 is 5.11 Å². The second-order valence-corrected chi connectivity index (χ2v) is 6.27. The van der Waals surface area contributed by atoms with E-state index in [0.29, 0.717) is 6.54 Å². The van der Waals surface area contributed by atoms with Crippen molar-refractivity contribution in [3.8, 4) is 0 Å². The monoisotopic (exact) mass is 341 g/mol. The highest BCUT2D eigenvalue weighted by atomic mass is 35.5. The maximum absolute atomic E-state index is 11.4. The molecule has 1 N–H and O–H groups in total. The molecule has 1 saturated heterocycles. The molecule has 0 aliphatic carbocycles. The lowest BCUT2D eigenvalue weighted by Gasteiger charge is -2.22. The third-order valence-electron chi connectivity index (χ3n) is 4.88. The molecular formula is C20H20ClNO2. The van der Waals surface area contributed by atoms with Crippen molar-refractivity contribution < 1.29 is 9.90 Å². The number of likely N-dealkylation sites (tertiary alicyclic amines) is 1. The molecule has 3 nitrogen and oxygen atoms in total. The van der Waals surface area contributed by atoms with E-state index in [2.05, 4.69) is 59.5 Å². The molecule has 1 aliphatic rings. The summed E-state index contributed by atoms with van der Waals surface area (Å²) in [6.45, 7) is 1.56. The third-order valence-corrected chi connectivity index (χ3v) is 4.88. The lowest BCUT2D eigenvalue weighted by molar-refractivity contribution is -0.142. The van der Waals surface area contributed by atoms with Crippen LogP contribution in [0.15, 0.2) is 54.6 Å². The standard InChI is InChI=1S/C20H19NO2.ClH/c22-20(23)19-10-5-11-21(19)13-15-12-14-6-1-2-7-16(14)18-9-4-3-8-17(15)18;/h1-4,6-9,12,19H,5,10-11,13H2,(H,22,23);1H. The predicted octanol–water partition coefficient (Wildman–Crippen LogP) is 4.46. The second-order valence-electron chi connectivity index (χ2n) is 6.27. The van der Waals surface area contributed by atoms with Crippen LogP contribution in [0, 0.1) is 0 Å². The number of carbonyl (C=O) groups is 1. The Kier molecular flexibility index (Phi) is 4.74. The lowest BCUT2D eigenvalue weighted by atomic mass is 9.97. The maximum Gasteiger partial charge on any atom is 0.320 e. The van der Waals surface area contributed by atoms with E-state index in [0.717, 1.165) is 19.4 Å². The van der Waals surface area contributed by atoms with Gasteiger partial charge in [0.05, 0.1) is 0 Å². The van der Waals surface area contributed by atoms with Crippen LogP contribution in [0.2, 0.25) is 0 Å². The summed E-state index contributed by atoms with van der Waals surface area (Å²) >= 11 is 0. The SMILES string of the molecule is Cl.O=C(O)C1CCCN1Cc1cc2ccccc2c2ccccc12. The van der Waals surface area contributed by atoms with Gasteiger partial charge in [0.1, 0.15) is 6.04 Å². The molecule has 24 heavy (non-hydrogen) atoms. The molecule has 1 fully saturated rings. The molecule has 0 amide bonds. The molecule has 3 aromatic carbocycles. The van der Waals surface area contributed by atoms with Crippen LogP contribution >= 0.6 is 12.4 Å². The highest BCUT2D eigenvalue weighted by Gasteiger charge is 2.30. The zero-order valence-corrected chi connectivity index (χ0v) is 14.1. The van der Waals surface area contributed by atoms with Crippen molar-refractivity contribution in [3.05, 3.63) is 60.2 Å². The van der Waals surface area contributed by atoms with Gasteiger partial charge in [0, 0.05) is 6.54 Å². The number of hydrogen-bond acceptors (Lipinski definition) is 2. The summed E-state index contributed by atoms with van der Waals surface area (Å²) in [6.07, 6.45) is 1.71. The Labute approximate surface area is 147 Å². The van der Waals surface area contributed by atoms with Crippen LogP contribution < -0.4 is 0 Å². The molecule has 0 aromatic heterocycles. The Balaban J connectivity index is 0.00000169. The zero-order valence-electron chi connectivity index (χ0n) is 13.3. The summed E-state index contributed by atoms with van der Waals surface area (Å²) in [7, 11) is 0. The topological polar surface area (TPSA) is 40.5 Å². The van der Waals surface area contributed by atoms with E-state index in [9.17, 15) is 9.90 Å². The number of benzene rings is 3. The molecule has 4 rings (SSSR count). The van der Waals surface area contributed by atoms with Crippen molar-refractivity contribution in [1.82, 2.24) is 4.90 Å². The summed E-state index contributed by atoms with van der Waals surface area (Å²) in [5, 5.41) is 14.3. The number of fused-ring (bicyclic) bond motifs is 3. The maximum atomic E-state index is 11.4. The molecule has 0 radical (unpaired) electrons. The van der Waals surface area contributed by atoms with Gasteiger partial charge in [-0.3, -0.25) is 9.69 Å². The Morgan fingerprint density at radius 1 is 1.04 bits per heavy atom. The van der Waals surface area contributed by atoms with Crippen molar-refractivity contribution in [3.63, 3.8) is 0 Å². The predicted molar refractivity (Wildman–Crippen MR) is 99.8 cm³/mol. The van der Waals surface area contributed by atoms with Gasteiger partial charge in [-0.05, 0) is 52.6 Å². The number of carboxylic acid groups (broad SMARTS) is 1. The number of carboxylic acids is 1.